The summed E-state index contributed by atoms with van der Waals surface area (Å²) in [4.78, 5) is 11.6. The van der Waals surface area contributed by atoms with Crippen molar-refractivity contribution >= 4 is 35.1 Å². The molecule has 5 rings (SSSR count). The topological polar surface area (TPSA) is 70.9 Å². The van der Waals surface area contributed by atoms with Gasteiger partial charge in [-0.1, -0.05) is 6.07 Å². The van der Waals surface area contributed by atoms with Crippen LogP contribution < -0.4 is 10.6 Å². The zero-order chi connectivity index (χ0) is 18.2. The highest BCUT2D eigenvalue weighted by molar-refractivity contribution is 5.85. The maximum Gasteiger partial charge on any atom is 0.229 e. The molecule has 1 saturated heterocycles. The van der Waals surface area contributed by atoms with Crippen LogP contribution in [0.15, 0.2) is 30.6 Å². The molecule has 148 valence electrons. The van der Waals surface area contributed by atoms with E-state index in [1.807, 2.05) is 12.4 Å². The van der Waals surface area contributed by atoms with Crippen molar-refractivity contribution in [1.82, 2.24) is 30.0 Å². The second kappa shape index (κ2) is 8.03. The van der Waals surface area contributed by atoms with E-state index in [0.717, 1.165) is 55.7 Å². The lowest BCUT2D eigenvalue weighted by Gasteiger charge is -2.25. The zero-order valence-electron chi connectivity index (χ0n) is 16.1. The fourth-order valence-corrected chi connectivity index (χ4v) is 4.11. The van der Waals surface area contributed by atoms with Gasteiger partial charge in [0.2, 0.25) is 5.95 Å². The number of likely N-dealkylation sites (N-methyl/N-ethyl adjacent to an activating group) is 1. The first-order chi connectivity index (χ1) is 13.3. The highest BCUT2D eigenvalue weighted by atomic mass is 35.5. The van der Waals surface area contributed by atoms with Crippen LogP contribution in [0.3, 0.4) is 0 Å². The van der Waals surface area contributed by atoms with Gasteiger partial charge in [-0.05, 0) is 56.1 Å². The van der Waals surface area contributed by atoms with E-state index in [-0.39, 0.29) is 12.4 Å². The van der Waals surface area contributed by atoms with E-state index < -0.39 is 0 Å². The molecular weight excluding hydrogens is 374 g/mol. The zero-order valence-corrected chi connectivity index (χ0v) is 16.9. The summed E-state index contributed by atoms with van der Waals surface area (Å²) in [7, 11) is 2.17. The number of anilines is 2. The molecule has 0 spiro atoms. The third-order valence-corrected chi connectivity index (χ3v) is 5.62. The average Bonchev–Trinajstić information content (AvgIpc) is 3.11. The number of hydrogen-bond donors (Lipinski definition) is 2. The number of halogens is 1. The lowest BCUT2D eigenvalue weighted by atomic mass is 9.99. The van der Waals surface area contributed by atoms with E-state index in [4.69, 9.17) is 4.98 Å². The highest BCUT2D eigenvalue weighted by Gasteiger charge is 2.19. The van der Waals surface area contributed by atoms with Crippen LogP contribution in [0.1, 0.15) is 30.0 Å². The second-order valence-corrected chi connectivity index (χ2v) is 7.66. The van der Waals surface area contributed by atoms with Gasteiger partial charge in [0.1, 0.15) is 0 Å². The molecule has 28 heavy (non-hydrogen) atoms. The van der Waals surface area contributed by atoms with Crippen LogP contribution in [0.4, 0.5) is 11.6 Å². The Morgan fingerprint density at radius 3 is 3.00 bits per heavy atom. The van der Waals surface area contributed by atoms with E-state index in [1.165, 1.54) is 17.5 Å². The van der Waals surface area contributed by atoms with Crippen LogP contribution in [-0.2, 0) is 13.0 Å². The summed E-state index contributed by atoms with van der Waals surface area (Å²) in [6, 6.07) is 6.93. The van der Waals surface area contributed by atoms with Gasteiger partial charge >= 0.3 is 0 Å². The van der Waals surface area contributed by atoms with Gasteiger partial charge in [-0.25, -0.2) is 9.67 Å². The van der Waals surface area contributed by atoms with Crippen molar-refractivity contribution in [1.29, 1.82) is 0 Å². The lowest BCUT2D eigenvalue weighted by molar-refractivity contribution is 0.313. The molecule has 2 aromatic heterocycles. The third-order valence-electron chi connectivity index (χ3n) is 5.62. The van der Waals surface area contributed by atoms with E-state index >= 15 is 0 Å². The standard InChI is InChI=1S/C20H25N7.ClH/c1-26-8-6-14-4-5-17(9-15(14)13-26)24-20-22-10-16-11-23-27(19(16)25-20)18-3-2-7-21-12-18;/h4-5,9-11,18,21H,2-3,6-8,12-13H2,1H3,(H,22,24,25);1H/t18-;/m0./s1. The summed E-state index contributed by atoms with van der Waals surface area (Å²) in [5.74, 6) is 0.622. The number of benzene rings is 1. The van der Waals surface area contributed by atoms with Crippen molar-refractivity contribution in [3.63, 3.8) is 0 Å². The van der Waals surface area contributed by atoms with Crippen molar-refractivity contribution in [2.75, 3.05) is 32.0 Å². The number of rotatable bonds is 3. The quantitative estimate of drug-likeness (QED) is 0.705. The summed E-state index contributed by atoms with van der Waals surface area (Å²) < 4.78 is 2.05. The summed E-state index contributed by atoms with van der Waals surface area (Å²) in [5, 5.41) is 12.4. The maximum absolute atomic E-state index is 4.77. The van der Waals surface area contributed by atoms with Crippen LogP contribution >= 0.6 is 12.4 Å². The minimum atomic E-state index is 0. The van der Waals surface area contributed by atoms with Gasteiger partial charge in [0.25, 0.3) is 0 Å². The van der Waals surface area contributed by atoms with E-state index in [0.29, 0.717) is 12.0 Å². The number of nitrogens with zero attached hydrogens (tertiary/aromatic N) is 5. The molecule has 0 bridgehead atoms. The van der Waals surface area contributed by atoms with E-state index in [1.54, 1.807) is 0 Å². The SMILES string of the molecule is CN1CCc2ccc(Nc3ncc4cnn([C@H]5CCCNC5)c4n3)cc2C1.Cl. The number of nitrogens with one attached hydrogen (secondary N) is 2. The molecule has 0 amide bonds. The van der Waals surface area contributed by atoms with Crippen molar-refractivity contribution in [2.45, 2.75) is 31.8 Å². The van der Waals surface area contributed by atoms with E-state index in [9.17, 15) is 0 Å². The fraction of sp³-hybridized carbons (Fsp3) is 0.450. The normalized spacial score (nSPS) is 19.8. The van der Waals surface area contributed by atoms with E-state index in [2.05, 4.69) is 55.5 Å². The Labute approximate surface area is 171 Å². The predicted molar refractivity (Wildman–Crippen MR) is 113 cm³/mol. The minimum absolute atomic E-state index is 0. The smallest absolute Gasteiger partial charge is 0.229 e. The van der Waals surface area contributed by atoms with Crippen LogP contribution in [0.2, 0.25) is 0 Å². The highest BCUT2D eigenvalue weighted by Crippen LogP contribution is 2.25. The molecule has 4 heterocycles. The summed E-state index contributed by atoms with van der Waals surface area (Å²) in [6.07, 6.45) is 7.14. The largest absolute Gasteiger partial charge is 0.324 e. The first kappa shape index (κ1) is 19.1. The van der Waals surface area contributed by atoms with Crippen molar-refractivity contribution in [2.24, 2.45) is 0 Å². The lowest BCUT2D eigenvalue weighted by Crippen LogP contribution is -2.32. The molecule has 0 radical (unpaired) electrons. The molecule has 1 aromatic carbocycles. The Morgan fingerprint density at radius 1 is 1.21 bits per heavy atom. The molecule has 1 atom stereocenters. The summed E-state index contributed by atoms with van der Waals surface area (Å²) in [5.41, 5.74) is 4.76. The molecular formula is C20H26ClN7. The van der Waals surface area contributed by atoms with Gasteiger partial charge in [-0.15, -0.1) is 12.4 Å². The Bertz CT molecular complexity index is 964. The van der Waals surface area contributed by atoms with Crippen molar-refractivity contribution < 1.29 is 0 Å². The van der Waals surface area contributed by atoms with Crippen LogP contribution in [0.5, 0.6) is 0 Å². The molecule has 3 aromatic rings. The Balaban J connectivity index is 0.00000192. The Hall–Kier alpha value is -2.22. The van der Waals surface area contributed by atoms with Crippen LogP contribution in [-0.4, -0.2) is 51.3 Å². The maximum atomic E-state index is 4.77. The first-order valence-corrected chi connectivity index (χ1v) is 9.74. The molecule has 2 aliphatic rings. The number of hydrogen-bond acceptors (Lipinski definition) is 6. The Kier molecular flexibility index (Phi) is 5.48. The van der Waals surface area contributed by atoms with Gasteiger partial charge in [0.05, 0.1) is 17.6 Å². The molecule has 8 heteroatoms. The van der Waals surface area contributed by atoms with Crippen molar-refractivity contribution in [3.05, 3.63) is 41.7 Å². The van der Waals surface area contributed by atoms with Gasteiger partial charge in [0, 0.05) is 31.5 Å². The fourth-order valence-electron chi connectivity index (χ4n) is 4.11. The summed E-state index contributed by atoms with van der Waals surface area (Å²) in [6.45, 7) is 4.15. The van der Waals surface area contributed by atoms with Gasteiger partial charge < -0.3 is 15.5 Å². The van der Waals surface area contributed by atoms with Crippen LogP contribution in [0.25, 0.3) is 11.0 Å². The Morgan fingerprint density at radius 2 is 2.14 bits per heavy atom. The third kappa shape index (κ3) is 3.70. The molecule has 1 fully saturated rings. The van der Waals surface area contributed by atoms with Gasteiger partial charge in [0.15, 0.2) is 5.65 Å². The van der Waals surface area contributed by atoms with Gasteiger partial charge in [-0.3, -0.25) is 0 Å². The summed E-state index contributed by atoms with van der Waals surface area (Å²) >= 11 is 0. The predicted octanol–water partition coefficient (Wildman–Crippen LogP) is 2.90. The molecule has 2 aliphatic heterocycles. The second-order valence-electron chi connectivity index (χ2n) is 7.66. The average molecular weight is 400 g/mol. The minimum Gasteiger partial charge on any atom is -0.324 e. The number of fused-ring (bicyclic) bond motifs is 2. The monoisotopic (exact) mass is 399 g/mol. The molecule has 0 saturated carbocycles. The van der Waals surface area contributed by atoms with Crippen LogP contribution in [0, 0.1) is 0 Å². The number of aromatic nitrogens is 4. The van der Waals surface area contributed by atoms with Gasteiger partial charge in [-0.2, -0.15) is 10.1 Å². The van der Waals surface area contributed by atoms with Crippen molar-refractivity contribution in [3.8, 4) is 0 Å². The molecule has 7 nitrogen and oxygen atoms in total. The molecule has 2 N–H and O–H groups in total. The molecule has 0 aliphatic carbocycles. The first-order valence-electron chi connectivity index (χ1n) is 9.74. The number of piperidine rings is 1. The molecule has 0 unspecified atom stereocenters.